The summed E-state index contributed by atoms with van der Waals surface area (Å²) in [4.78, 5) is 21.8. The maximum atomic E-state index is 12.6. The van der Waals surface area contributed by atoms with Crippen LogP contribution in [0.4, 0.5) is 0 Å². The Morgan fingerprint density at radius 1 is 1.32 bits per heavy atom. The average molecular weight is 261 g/mol. The normalized spacial score (nSPS) is 42.3. The Morgan fingerprint density at radius 2 is 2.11 bits per heavy atom. The van der Waals surface area contributed by atoms with Crippen LogP contribution in [0.15, 0.2) is 4.99 Å². The highest BCUT2D eigenvalue weighted by Crippen LogP contribution is 2.50. The van der Waals surface area contributed by atoms with E-state index in [9.17, 15) is 4.79 Å². The zero-order chi connectivity index (χ0) is 13.2. The molecule has 0 unspecified atom stereocenters. The van der Waals surface area contributed by atoms with Crippen LogP contribution in [0.25, 0.3) is 0 Å². The molecule has 2 heterocycles. The third kappa shape index (κ3) is 1.62. The zero-order valence-corrected chi connectivity index (χ0v) is 11.9. The van der Waals surface area contributed by atoms with Crippen molar-refractivity contribution in [3.8, 4) is 0 Å². The third-order valence-corrected chi connectivity index (χ3v) is 5.76. The Morgan fingerprint density at radius 3 is 2.74 bits per heavy atom. The van der Waals surface area contributed by atoms with Crippen LogP contribution in [0.2, 0.25) is 0 Å². The first-order chi connectivity index (χ1) is 9.10. The van der Waals surface area contributed by atoms with Crippen molar-refractivity contribution in [2.45, 2.75) is 38.1 Å². The smallest absolute Gasteiger partial charge is 0.255 e. The van der Waals surface area contributed by atoms with E-state index in [1.807, 2.05) is 14.0 Å². The number of likely N-dealkylation sites (N-methyl/N-ethyl adjacent to an activating group) is 1. The summed E-state index contributed by atoms with van der Waals surface area (Å²) in [5, 5.41) is 0. The molecule has 104 valence electrons. The first-order valence-electron chi connectivity index (χ1n) is 7.67. The van der Waals surface area contributed by atoms with Gasteiger partial charge in [-0.25, -0.2) is 0 Å². The minimum atomic E-state index is -0.387. The monoisotopic (exact) mass is 261 g/mol. The average Bonchev–Trinajstić information content (AvgIpc) is 2.94. The van der Waals surface area contributed by atoms with Gasteiger partial charge in [-0.15, -0.1) is 0 Å². The molecular weight excluding hydrogens is 238 g/mol. The van der Waals surface area contributed by atoms with Crippen molar-refractivity contribution in [1.82, 2.24) is 9.80 Å². The van der Waals surface area contributed by atoms with E-state index < -0.39 is 0 Å². The number of nitrogens with zero attached hydrogens (tertiary/aromatic N) is 3. The summed E-state index contributed by atoms with van der Waals surface area (Å²) < 4.78 is 0. The molecule has 1 saturated heterocycles. The molecule has 0 aromatic rings. The maximum Gasteiger partial charge on any atom is 0.255 e. The number of likely N-dealkylation sites (tertiary alicyclic amines) is 1. The number of hydrogen-bond donors (Lipinski definition) is 0. The lowest BCUT2D eigenvalue weighted by atomic mass is 9.85. The Bertz CT molecular complexity index is 456. The second kappa shape index (κ2) is 3.81. The number of rotatable bonds is 2. The molecule has 3 fully saturated rings. The van der Waals surface area contributed by atoms with Gasteiger partial charge in [0, 0.05) is 32.6 Å². The summed E-state index contributed by atoms with van der Waals surface area (Å²) in [6.45, 7) is 5.53. The second-order valence-electron chi connectivity index (χ2n) is 7.01. The molecule has 2 saturated carbocycles. The van der Waals surface area contributed by atoms with Crippen LogP contribution in [0, 0.1) is 17.8 Å². The van der Waals surface area contributed by atoms with Crippen molar-refractivity contribution in [2.75, 3.05) is 26.7 Å². The maximum absolute atomic E-state index is 12.6. The predicted octanol–water partition coefficient (Wildman–Crippen LogP) is 1.37. The van der Waals surface area contributed by atoms with E-state index in [-0.39, 0.29) is 11.4 Å². The van der Waals surface area contributed by atoms with Gasteiger partial charge in [0.05, 0.1) is 0 Å². The number of carbonyl (C=O) groups excluding carboxylic acids is 1. The van der Waals surface area contributed by atoms with Crippen LogP contribution in [0.3, 0.4) is 0 Å². The molecule has 0 bridgehead atoms. The summed E-state index contributed by atoms with van der Waals surface area (Å²) >= 11 is 0. The quantitative estimate of drug-likeness (QED) is 0.752. The Hall–Kier alpha value is -0.900. The Balaban J connectivity index is 1.57. The number of amidine groups is 1. The Labute approximate surface area is 114 Å². The van der Waals surface area contributed by atoms with Gasteiger partial charge in [0.1, 0.15) is 11.4 Å². The van der Waals surface area contributed by atoms with E-state index in [1.165, 1.54) is 32.4 Å². The van der Waals surface area contributed by atoms with Crippen LogP contribution in [0.5, 0.6) is 0 Å². The van der Waals surface area contributed by atoms with Crippen molar-refractivity contribution in [1.29, 1.82) is 0 Å². The van der Waals surface area contributed by atoms with Gasteiger partial charge in [0.2, 0.25) is 0 Å². The van der Waals surface area contributed by atoms with Crippen LogP contribution in [-0.4, -0.2) is 53.8 Å². The molecule has 0 radical (unpaired) electrons. The van der Waals surface area contributed by atoms with Crippen molar-refractivity contribution < 1.29 is 4.79 Å². The highest BCUT2D eigenvalue weighted by molar-refractivity contribution is 6.07. The lowest BCUT2D eigenvalue weighted by molar-refractivity contribution is -0.131. The van der Waals surface area contributed by atoms with E-state index in [4.69, 9.17) is 4.99 Å². The molecule has 0 N–H and O–H groups in total. The fraction of sp³-hybridized carbons (Fsp3) is 0.867. The molecule has 4 heteroatoms. The summed E-state index contributed by atoms with van der Waals surface area (Å²) in [5.41, 5.74) is -0.387. The molecule has 4 rings (SSSR count). The first-order valence-corrected chi connectivity index (χ1v) is 7.67. The minimum Gasteiger partial charge on any atom is -0.302 e. The lowest BCUT2D eigenvalue weighted by Gasteiger charge is -2.27. The van der Waals surface area contributed by atoms with Crippen molar-refractivity contribution in [2.24, 2.45) is 22.7 Å². The zero-order valence-electron chi connectivity index (χ0n) is 11.9. The van der Waals surface area contributed by atoms with E-state index >= 15 is 0 Å². The van der Waals surface area contributed by atoms with E-state index in [1.54, 1.807) is 4.90 Å². The SMILES string of the molecule is CC1=N[C@]2(CC[C@H]3CN(CC4CC4)C[C@H]32)C(=O)N1C. The third-order valence-electron chi connectivity index (χ3n) is 5.76. The topological polar surface area (TPSA) is 35.9 Å². The minimum absolute atomic E-state index is 0.255. The molecule has 1 amide bonds. The number of carbonyl (C=O) groups is 1. The standard InChI is InChI=1S/C15H23N3O/c1-10-16-15(14(19)17(10)2)6-5-12-8-18(9-13(12)15)7-11-3-4-11/h11-13H,3-9H2,1-2H3/t12-,13+,15-/m0/s1. The van der Waals surface area contributed by atoms with Gasteiger partial charge in [-0.2, -0.15) is 0 Å². The van der Waals surface area contributed by atoms with Gasteiger partial charge < -0.3 is 9.80 Å². The highest BCUT2D eigenvalue weighted by atomic mass is 16.2. The number of hydrogen-bond acceptors (Lipinski definition) is 3. The van der Waals surface area contributed by atoms with Crippen molar-refractivity contribution in [3.05, 3.63) is 0 Å². The number of amides is 1. The molecule has 0 aromatic carbocycles. The fourth-order valence-electron chi connectivity index (χ4n) is 4.45. The van der Waals surface area contributed by atoms with Crippen LogP contribution >= 0.6 is 0 Å². The van der Waals surface area contributed by atoms with Crippen LogP contribution in [-0.2, 0) is 4.79 Å². The van der Waals surface area contributed by atoms with Crippen LogP contribution in [0.1, 0.15) is 32.6 Å². The summed E-state index contributed by atoms with van der Waals surface area (Å²) in [6, 6.07) is 0. The van der Waals surface area contributed by atoms with Gasteiger partial charge in [0.15, 0.2) is 0 Å². The molecular formula is C15H23N3O. The molecule has 1 spiro atoms. The van der Waals surface area contributed by atoms with Crippen molar-refractivity contribution in [3.63, 3.8) is 0 Å². The highest BCUT2D eigenvalue weighted by Gasteiger charge is 2.60. The lowest BCUT2D eigenvalue weighted by Crippen LogP contribution is -2.45. The summed E-state index contributed by atoms with van der Waals surface area (Å²) in [6.07, 6.45) is 4.98. The number of aliphatic imine (C=N–C) groups is 1. The number of fused-ring (bicyclic) bond motifs is 2. The van der Waals surface area contributed by atoms with Gasteiger partial charge in [-0.05, 0) is 44.4 Å². The first kappa shape index (κ1) is 11.9. The molecule has 4 aliphatic rings. The van der Waals surface area contributed by atoms with E-state index in [0.717, 1.165) is 24.7 Å². The van der Waals surface area contributed by atoms with E-state index in [2.05, 4.69) is 4.90 Å². The molecule has 19 heavy (non-hydrogen) atoms. The van der Waals surface area contributed by atoms with Crippen molar-refractivity contribution >= 4 is 11.7 Å². The molecule has 2 aliphatic carbocycles. The summed E-state index contributed by atoms with van der Waals surface area (Å²) in [5.74, 6) is 3.28. The fourth-order valence-corrected chi connectivity index (χ4v) is 4.45. The van der Waals surface area contributed by atoms with Gasteiger partial charge >= 0.3 is 0 Å². The molecule has 2 aliphatic heterocycles. The van der Waals surface area contributed by atoms with E-state index in [0.29, 0.717) is 11.8 Å². The van der Waals surface area contributed by atoms with Gasteiger partial charge in [-0.1, -0.05) is 0 Å². The molecule has 0 aromatic heterocycles. The summed E-state index contributed by atoms with van der Waals surface area (Å²) in [7, 11) is 1.88. The second-order valence-corrected chi connectivity index (χ2v) is 7.01. The molecule has 4 nitrogen and oxygen atoms in total. The van der Waals surface area contributed by atoms with Gasteiger partial charge in [0.25, 0.3) is 5.91 Å². The molecule has 3 atom stereocenters. The van der Waals surface area contributed by atoms with Gasteiger partial charge in [-0.3, -0.25) is 9.79 Å². The Kier molecular flexibility index (Phi) is 2.39. The largest absolute Gasteiger partial charge is 0.302 e. The predicted molar refractivity (Wildman–Crippen MR) is 74.0 cm³/mol. The van der Waals surface area contributed by atoms with Crippen LogP contribution < -0.4 is 0 Å².